The van der Waals surface area contributed by atoms with Gasteiger partial charge in [-0.15, -0.1) is 0 Å². The molecule has 0 aliphatic rings. The molecule has 0 saturated carbocycles. The number of hydrogen-bond donors (Lipinski definition) is 1. The molecule has 0 saturated heterocycles. The van der Waals surface area contributed by atoms with Gasteiger partial charge in [-0.25, -0.2) is 4.83 Å². The van der Waals surface area contributed by atoms with Crippen LogP contribution in [0.1, 0.15) is 20.8 Å². The maximum atomic E-state index is 11.7. The topological polar surface area (TPSA) is 58.5 Å². The second-order valence-corrected chi connectivity index (χ2v) is 5.48. The quantitative estimate of drug-likeness (QED) is 0.646. The number of rotatable bonds is 4. The van der Waals surface area contributed by atoms with Gasteiger partial charge in [0.25, 0.3) is 10.0 Å². The Morgan fingerprint density at radius 1 is 1.25 bits per heavy atom. The number of nitrogens with one attached hydrogen (secondary N) is 1. The van der Waals surface area contributed by atoms with E-state index in [0.29, 0.717) is 0 Å². The van der Waals surface area contributed by atoms with Crippen LogP contribution in [0.4, 0.5) is 0 Å². The first-order valence-electron chi connectivity index (χ1n) is 5.04. The molecule has 5 heteroatoms. The average molecular weight is 240 g/mol. The van der Waals surface area contributed by atoms with E-state index in [1.807, 2.05) is 13.8 Å². The predicted octanol–water partition coefficient (Wildman–Crippen LogP) is 2.00. The van der Waals surface area contributed by atoms with Crippen molar-refractivity contribution in [1.29, 1.82) is 0 Å². The van der Waals surface area contributed by atoms with Crippen LogP contribution in [-0.2, 0) is 10.0 Å². The monoisotopic (exact) mass is 240 g/mol. The minimum absolute atomic E-state index is 0.218. The molecule has 0 unspecified atom stereocenters. The lowest BCUT2D eigenvalue weighted by molar-refractivity contribution is 0.584. The minimum Gasteiger partial charge on any atom is -0.200 e. The van der Waals surface area contributed by atoms with Gasteiger partial charge in [-0.3, -0.25) is 0 Å². The van der Waals surface area contributed by atoms with Crippen LogP contribution in [-0.4, -0.2) is 14.1 Å². The third-order valence-corrected chi connectivity index (χ3v) is 3.46. The van der Waals surface area contributed by atoms with Crippen LogP contribution in [0.5, 0.6) is 0 Å². The molecule has 0 heterocycles. The zero-order chi connectivity index (χ0) is 12.2. The van der Waals surface area contributed by atoms with E-state index in [4.69, 9.17) is 0 Å². The second-order valence-electron chi connectivity index (χ2n) is 3.82. The number of hydrogen-bond acceptors (Lipinski definition) is 3. The van der Waals surface area contributed by atoms with Gasteiger partial charge in [-0.2, -0.15) is 13.5 Å². The number of benzene rings is 1. The van der Waals surface area contributed by atoms with E-state index in [1.165, 1.54) is 12.1 Å². The summed E-state index contributed by atoms with van der Waals surface area (Å²) in [7, 11) is -3.53. The molecule has 0 fully saturated rings. The fourth-order valence-electron chi connectivity index (χ4n) is 0.914. The smallest absolute Gasteiger partial charge is 0.200 e. The molecule has 1 aromatic carbocycles. The summed E-state index contributed by atoms with van der Waals surface area (Å²) in [5, 5.41) is 3.85. The third-order valence-electron chi connectivity index (χ3n) is 2.23. The molecular weight excluding hydrogens is 224 g/mol. The molecule has 0 amide bonds. The first-order valence-corrected chi connectivity index (χ1v) is 6.53. The first-order chi connectivity index (χ1) is 7.43. The summed E-state index contributed by atoms with van der Waals surface area (Å²) in [6, 6.07) is 8.17. The van der Waals surface area contributed by atoms with Crippen LogP contribution >= 0.6 is 0 Å². The van der Waals surface area contributed by atoms with E-state index in [-0.39, 0.29) is 10.8 Å². The molecule has 0 radical (unpaired) electrons. The predicted molar refractivity (Wildman–Crippen MR) is 64.7 cm³/mol. The van der Waals surface area contributed by atoms with Crippen molar-refractivity contribution < 1.29 is 8.42 Å². The lowest BCUT2D eigenvalue weighted by Crippen LogP contribution is -2.20. The van der Waals surface area contributed by atoms with Crippen LogP contribution in [0.25, 0.3) is 0 Å². The van der Waals surface area contributed by atoms with Gasteiger partial charge in [0.2, 0.25) is 0 Å². The first kappa shape index (κ1) is 12.7. The highest BCUT2D eigenvalue weighted by Crippen LogP contribution is 2.07. The van der Waals surface area contributed by atoms with Crippen LogP contribution < -0.4 is 4.83 Å². The Bertz CT molecular complexity index is 464. The lowest BCUT2D eigenvalue weighted by Gasteiger charge is -2.06. The van der Waals surface area contributed by atoms with Gasteiger partial charge in [0.15, 0.2) is 0 Å². The highest BCUT2D eigenvalue weighted by atomic mass is 32.2. The van der Waals surface area contributed by atoms with Crippen molar-refractivity contribution in [2.45, 2.75) is 25.7 Å². The van der Waals surface area contributed by atoms with Gasteiger partial charge in [-0.1, -0.05) is 32.0 Å². The van der Waals surface area contributed by atoms with Gasteiger partial charge in [0.05, 0.1) is 4.90 Å². The standard InChI is InChI=1S/C11H16N2O2S/c1-9(2)10(3)12-13-16(14,15)11-7-5-4-6-8-11/h4-9,13H,1-3H3/b12-10-. The highest BCUT2D eigenvalue weighted by molar-refractivity contribution is 7.89. The Labute approximate surface area is 96.4 Å². The number of nitrogens with zero attached hydrogens (tertiary/aromatic N) is 1. The molecule has 1 rings (SSSR count). The van der Waals surface area contributed by atoms with Crippen molar-refractivity contribution in [3.8, 4) is 0 Å². The molecule has 0 atom stereocenters. The average Bonchev–Trinajstić information content (AvgIpc) is 2.27. The van der Waals surface area contributed by atoms with Crippen molar-refractivity contribution >= 4 is 15.7 Å². The zero-order valence-corrected chi connectivity index (χ0v) is 10.5. The Hall–Kier alpha value is -1.36. The van der Waals surface area contributed by atoms with Crippen molar-refractivity contribution in [2.24, 2.45) is 11.0 Å². The Kier molecular flexibility index (Phi) is 4.06. The summed E-state index contributed by atoms with van der Waals surface area (Å²) in [4.78, 5) is 2.43. The van der Waals surface area contributed by atoms with Crippen LogP contribution in [0, 0.1) is 5.92 Å². The van der Waals surface area contributed by atoms with Gasteiger partial charge < -0.3 is 0 Å². The van der Waals surface area contributed by atoms with Gasteiger partial charge >= 0.3 is 0 Å². The fourth-order valence-corrected chi connectivity index (χ4v) is 1.80. The largest absolute Gasteiger partial charge is 0.276 e. The van der Waals surface area contributed by atoms with Crippen molar-refractivity contribution in [3.05, 3.63) is 30.3 Å². The summed E-state index contributed by atoms with van der Waals surface area (Å²) in [5.74, 6) is 0.221. The lowest BCUT2D eigenvalue weighted by atomic mass is 10.1. The van der Waals surface area contributed by atoms with E-state index >= 15 is 0 Å². The normalized spacial score (nSPS) is 12.9. The second kappa shape index (κ2) is 5.12. The van der Waals surface area contributed by atoms with Gasteiger partial charge in [-0.05, 0) is 25.0 Å². The highest BCUT2D eigenvalue weighted by Gasteiger charge is 2.11. The fraction of sp³-hybridized carbons (Fsp3) is 0.364. The maximum Gasteiger partial charge on any atom is 0.276 e. The zero-order valence-electron chi connectivity index (χ0n) is 9.64. The van der Waals surface area contributed by atoms with Crippen molar-refractivity contribution in [3.63, 3.8) is 0 Å². The Morgan fingerprint density at radius 2 is 1.81 bits per heavy atom. The molecule has 4 nitrogen and oxygen atoms in total. The molecule has 88 valence electrons. The third kappa shape index (κ3) is 3.34. The van der Waals surface area contributed by atoms with Crippen molar-refractivity contribution in [1.82, 2.24) is 4.83 Å². The Balaban J connectivity index is 2.86. The van der Waals surface area contributed by atoms with Crippen LogP contribution in [0.3, 0.4) is 0 Å². The van der Waals surface area contributed by atoms with E-state index in [1.54, 1.807) is 25.1 Å². The van der Waals surface area contributed by atoms with E-state index in [9.17, 15) is 8.42 Å². The van der Waals surface area contributed by atoms with E-state index in [0.717, 1.165) is 5.71 Å². The maximum absolute atomic E-state index is 11.7. The molecule has 1 N–H and O–H groups in total. The van der Waals surface area contributed by atoms with Crippen LogP contribution in [0.2, 0.25) is 0 Å². The van der Waals surface area contributed by atoms with E-state index in [2.05, 4.69) is 9.93 Å². The molecule has 0 aliphatic carbocycles. The molecular formula is C11H16N2O2S. The molecule has 1 aromatic rings. The summed E-state index contributed by atoms with van der Waals surface area (Å²) < 4.78 is 23.5. The van der Waals surface area contributed by atoms with Crippen molar-refractivity contribution in [2.75, 3.05) is 0 Å². The summed E-state index contributed by atoms with van der Waals surface area (Å²) in [6.07, 6.45) is 0. The SMILES string of the molecule is C/C(=N/NS(=O)(=O)c1ccccc1)C(C)C. The molecule has 16 heavy (non-hydrogen) atoms. The van der Waals surface area contributed by atoms with E-state index < -0.39 is 10.0 Å². The van der Waals surface area contributed by atoms with Crippen LogP contribution in [0.15, 0.2) is 40.3 Å². The molecule has 0 spiro atoms. The van der Waals surface area contributed by atoms with Gasteiger partial charge in [0.1, 0.15) is 0 Å². The summed E-state index contributed by atoms with van der Waals surface area (Å²) >= 11 is 0. The summed E-state index contributed by atoms with van der Waals surface area (Å²) in [6.45, 7) is 5.70. The summed E-state index contributed by atoms with van der Waals surface area (Å²) in [5.41, 5.74) is 0.750. The minimum atomic E-state index is -3.53. The molecule has 0 bridgehead atoms. The molecule has 0 aromatic heterocycles. The molecule has 0 aliphatic heterocycles. The number of hydrazone groups is 1. The number of sulfonamides is 1. The Morgan fingerprint density at radius 3 is 2.31 bits per heavy atom. The van der Waals surface area contributed by atoms with Gasteiger partial charge in [0, 0.05) is 5.71 Å².